The lowest BCUT2D eigenvalue weighted by Crippen LogP contribution is -2.20. The Labute approximate surface area is 197 Å². The molecule has 1 fully saturated rings. The van der Waals surface area contributed by atoms with Gasteiger partial charge in [-0.05, 0) is 73.7 Å². The number of aromatic nitrogens is 1. The predicted octanol–water partition coefficient (Wildman–Crippen LogP) is 6.79. The molecule has 3 aromatic rings. The molecule has 2 aromatic carbocycles. The zero-order chi connectivity index (χ0) is 23.4. The number of carbonyl (C=O) groups is 2. The summed E-state index contributed by atoms with van der Waals surface area (Å²) in [5, 5.41) is 12.1. The van der Waals surface area contributed by atoms with Crippen LogP contribution in [0.2, 0.25) is 0 Å². The van der Waals surface area contributed by atoms with E-state index in [1.807, 2.05) is 44.2 Å². The second-order valence-electron chi connectivity index (χ2n) is 8.56. The monoisotopic (exact) mass is 464 g/mol. The minimum Gasteiger partial charge on any atom is -0.481 e. The van der Waals surface area contributed by atoms with Crippen LogP contribution in [0, 0.1) is 12.8 Å². The number of nitrogens with one attached hydrogen (secondary N) is 1. The molecular weight excluding hydrogens is 436 g/mol. The third-order valence-corrected chi connectivity index (χ3v) is 7.35. The third-order valence-electron chi connectivity index (χ3n) is 6.36. The molecule has 0 saturated heterocycles. The van der Waals surface area contributed by atoms with E-state index in [0.29, 0.717) is 11.6 Å². The van der Waals surface area contributed by atoms with Crippen LogP contribution in [0.15, 0.2) is 54.6 Å². The van der Waals surface area contributed by atoms with Gasteiger partial charge in [0.05, 0.1) is 22.2 Å². The molecular formula is C26H28N2O4S. The Morgan fingerprint density at radius 3 is 2.36 bits per heavy atom. The summed E-state index contributed by atoms with van der Waals surface area (Å²) in [6, 6.07) is 17.9. The van der Waals surface area contributed by atoms with Gasteiger partial charge in [0.15, 0.2) is 0 Å². The summed E-state index contributed by atoms with van der Waals surface area (Å²) in [6.45, 7) is 3.71. The number of rotatable bonds is 6. The second kappa shape index (κ2) is 10.2. The van der Waals surface area contributed by atoms with E-state index in [0.717, 1.165) is 47.4 Å². The molecule has 1 atom stereocenters. The van der Waals surface area contributed by atoms with E-state index in [2.05, 4.69) is 34.0 Å². The quantitative estimate of drug-likeness (QED) is 0.419. The molecule has 0 bridgehead atoms. The molecule has 1 aliphatic rings. The fraction of sp³-hybridized carbons (Fsp3) is 0.346. The highest BCUT2D eigenvalue weighted by atomic mass is 32.1. The van der Waals surface area contributed by atoms with E-state index in [4.69, 9.17) is 4.74 Å². The molecule has 33 heavy (non-hydrogen) atoms. The fourth-order valence-electron chi connectivity index (χ4n) is 4.38. The van der Waals surface area contributed by atoms with Gasteiger partial charge in [-0.1, -0.05) is 54.6 Å². The number of aryl methyl sites for hydroxylation is 1. The molecule has 0 unspecified atom stereocenters. The Kier molecular flexibility index (Phi) is 7.08. The van der Waals surface area contributed by atoms with Gasteiger partial charge in [-0.15, -0.1) is 0 Å². The SMILES string of the molecule is Cc1nsc(-c2ccc([C@H]3CC[C@H](C(=O)O)CC3)cc2)c1NC(=O)O[C@H](C)c1ccccc1. The lowest BCUT2D eigenvalue weighted by molar-refractivity contribution is -0.142. The van der Waals surface area contributed by atoms with Crippen molar-refractivity contribution < 1.29 is 19.4 Å². The molecule has 0 spiro atoms. The number of carboxylic acids is 1. The number of hydrogen-bond acceptors (Lipinski definition) is 5. The summed E-state index contributed by atoms with van der Waals surface area (Å²) in [7, 11) is 0. The third kappa shape index (κ3) is 5.42. The molecule has 7 heteroatoms. The average Bonchev–Trinajstić information content (AvgIpc) is 3.19. The van der Waals surface area contributed by atoms with E-state index >= 15 is 0 Å². The van der Waals surface area contributed by atoms with Crippen molar-refractivity contribution in [3.63, 3.8) is 0 Å². The van der Waals surface area contributed by atoms with Crippen LogP contribution < -0.4 is 5.32 Å². The molecule has 172 valence electrons. The van der Waals surface area contributed by atoms with Crippen LogP contribution in [-0.2, 0) is 9.53 Å². The number of benzene rings is 2. The van der Waals surface area contributed by atoms with Gasteiger partial charge in [-0.25, -0.2) is 4.79 Å². The molecule has 1 saturated carbocycles. The van der Waals surface area contributed by atoms with Gasteiger partial charge in [0.2, 0.25) is 0 Å². The molecule has 0 aliphatic heterocycles. The number of nitrogens with zero attached hydrogens (tertiary/aromatic N) is 1. The minimum absolute atomic E-state index is 0.210. The summed E-state index contributed by atoms with van der Waals surface area (Å²) in [5.74, 6) is -0.496. The molecule has 0 radical (unpaired) electrons. The van der Waals surface area contributed by atoms with Gasteiger partial charge in [-0.3, -0.25) is 10.1 Å². The van der Waals surface area contributed by atoms with Gasteiger partial charge in [0.1, 0.15) is 6.10 Å². The maximum Gasteiger partial charge on any atom is 0.412 e. The average molecular weight is 465 g/mol. The van der Waals surface area contributed by atoms with E-state index < -0.39 is 12.1 Å². The van der Waals surface area contributed by atoms with Crippen molar-refractivity contribution in [3.8, 4) is 10.4 Å². The topological polar surface area (TPSA) is 88.5 Å². The molecule has 1 heterocycles. The molecule has 1 amide bonds. The summed E-state index contributed by atoms with van der Waals surface area (Å²) in [6.07, 6.45) is 2.38. The van der Waals surface area contributed by atoms with Crippen molar-refractivity contribution >= 4 is 29.3 Å². The molecule has 2 N–H and O–H groups in total. The van der Waals surface area contributed by atoms with Crippen molar-refractivity contribution in [2.75, 3.05) is 5.32 Å². The van der Waals surface area contributed by atoms with Crippen LogP contribution in [-0.4, -0.2) is 21.5 Å². The van der Waals surface area contributed by atoms with E-state index in [1.54, 1.807) is 0 Å². The van der Waals surface area contributed by atoms with Crippen LogP contribution in [0.4, 0.5) is 10.5 Å². The minimum atomic E-state index is -0.680. The highest BCUT2D eigenvalue weighted by Crippen LogP contribution is 2.39. The number of carbonyl (C=O) groups excluding carboxylic acids is 1. The number of ether oxygens (including phenoxy) is 1. The van der Waals surface area contributed by atoms with Gasteiger partial charge in [0, 0.05) is 0 Å². The number of amides is 1. The van der Waals surface area contributed by atoms with Gasteiger partial charge in [-0.2, -0.15) is 4.37 Å². The summed E-state index contributed by atoms with van der Waals surface area (Å²) >= 11 is 1.35. The number of anilines is 1. The molecule has 6 nitrogen and oxygen atoms in total. The first-order chi connectivity index (χ1) is 15.9. The molecule has 1 aliphatic carbocycles. The highest BCUT2D eigenvalue weighted by Gasteiger charge is 2.27. The Morgan fingerprint density at radius 1 is 1.06 bits per heavy atom. The predicted molar refractivity (Wildman–Crippen MR) is 130 cm³/mol. The van der Waals surface area contributed by atoms with Crippen molar-refractivity contribution in [3.05, 3.63) is 71.4 Å². The fourth-order valence-corrected chi connectivity index (χ4v) is 5.23. The van der Waals surface area contributed by atoms with Crippen LogP contribution in [0.25, 0.3) is 10.4 Å². The zero-order valence-electron chi connectivity index (χ0n) is 18.8. The lowest BCUT2D eigenvalue weighted by atomic mass is 9.78. The van der Waals surface area contributed by atoms with E-state index in [9.17, 15) is 14.7 Å². The summed E-state index contributed by atoms with van der Waals surface area (Å²) in [5.41, 5.74) is 4.56. The molecule has 1 aromatic heterocycles. The van der Waals surface area contributed by atoms with Crippen LogP contribution in [0.5, 0.6) is 0 Å². The maximum absolute atomic E-state index is 12.6. The summed E-state index contributed by atoms with van der Waals surface area (Å²) in [4.78, 5) is 24.7. The highest BCUT2D eigenvalue weighted by molar-refractivity contribution is 7.10. The van der Waals surface area contributed by atoms with E-state index in [1.165, 1.54) is 17.1 Å². The van der Waals surface area contributed by atoms with Crippen molar-refractivity contribution in [2.24, 2.45) is 5.92 Å². The number of hydrogen-bond donors (Lipinski definition) is 2. The maximum atomic E-state index is 12.6. The van der Waals surface area contributed by atoms with Crippen molar-refractivity contribution in [2.45, 2.75) is 51.6 Å². The van der Waals surface area contributed by atoms with Crippen LogP contribution in [0.3, 0.4) is 0 Å². The number of carboxylic acid groups (broad SMARTS) is 1. The van der Waals surface area contributed by atoms with Gasteiger partial charge in [0.25, 0.3) is 0 Å². The smallest absolute Gasteiger partial charge is 0.412 e. The van der Waals surface area contributed by atoms with E-state index in [-0.39, 0.29) is 12.0 Å². The Balaban J connectivity index is 1.43. The normalized spacial score (nSPS) is 19.0. The standard InChI is InChI=1S/C26H28N2O4S/c1-16-23(27-26(31)32-17(2)18-6-4-3-5-7-18)24(33-28-16)21-12-8-19(9-13-21)20-10-14-22(15-11-20)25(29)30/h3-9,12-13,17,20,22H,10-11,14-15H2,1-2H3,(H,27,31)(H,29,30)/t17-,20-,22-/m1/s1. The number of aliphatic carboxylic acids is 1. The van der Waals surface area contributed by atoms with Crippen molar-refractivity contribution in [1.29, 1.82) is 0 Å². The zero-order valence-corrected chi connectivity index (χ0v) is 19.6. The Bertz CT molecular complexity index is 1100. The Hall–Kier alpha value is -3.19. The largest absolute Gasteiger partial charge is 0.481 e. The first kappa shape index (κ1) is 23.0. The van der Waals surface area contributed by atoms with Crippen LogP contribution >= 0.6 is 11.5 Å². The second-order valence-corrected chi connectivity index (χ2v) is 9.34. The summed E-state index contributed by atoms with van der Waals surface area (Å²) < 4.78 is 10.0. The van der Waals surface area contributed by atoms with Crippen molar-refractivity contribution in [1.82, 2.24) is 4.37 Å². The lowest BCUT2D eigenvalue weighted by Gasteiger charge is -2.26. The van der Waals surface area contributed by atoms with Gasteiger partial charge < -0.3 is 9.84 Å². The molecule has 4 rings (SSSR count). The Morgan fingerprint density at radius 2 is 1.73 bits per heavy atom. The first-order valence-electron chi connectivity index (χ1n) is 11.2. The van der Waals surface area contributed by atoms with Gasteiger partial charge >= 0.3 is 12.1 Å². The first-order valence-corrected chi connectivity index (χ1v) is 12.0. The van der Waals surface area contributed by atoms with Crippen LogP contribution in [0.1, 0.15) is 61.4 Å².